The first-order chi connectivity index (χ1) is 9.69. The number of anilines is 1. The van der Waals surface area contributed by atoms with Crippen LogP contribution in [0.4, 0.5) is 5.69 Å². The molecule has 3 nitrogen and oxygen atoms in total. The minimum atomic E-state index is -0.403. The van der Waals surface area contributed by atoms with Gasteiger partial charge >= 0.3 is 0 Å². The first kappa shape index (κ1) is 13.6. The van der Waals surface area contributed by atoms with E-state index in [9.17, 15) is 4.79 Å². The summed E-state index contributed by atoms with van der Waals surface area (Å²) in [5.74, 6) is -0.403. The van der Waals surface area contributed by atoms with E-state index in [1.54, 1.807) is 18.2 Å². The normalized spacial score (nSPS) is 10.7. The number of hydrogen-bond donors (Lipinski definition) is 1. The number of nitrogens with zero attached hydrogens (tertiary/aromatic N) is 1. The van der Waals surface area contributed by atoms with E-state index in [4.69, 9.17) is 5.26 Å². The van der Waals surface area contributed by atoms with Crippen LogP contribution in [0.25, 0.3) is 6.08 Å². The van der Waals surface area contributed by atoms with Crippen LogP contribution in [-0.4, -0.2) is 5.91 Å². The summed E-state index contributed by atoms with van der Waals surface area (Å²) in [5, 5.41) is 11.8. The van der Waals surface area contributed by atoms with Crippen molar-refractivity contribution in [3.8, 4) is 6.07 Å². The lowest BCUT2D eigenvalue weighted by molar-refractivity contribution is -0.112. The maximum atomic E-state index is 12.0. The first-order valence-corrected chi connectivity index (χ1v) is 6.24. The van der Waals surface area contributed by atoms with Gasteiger partial charge in [-0.05, 0) is 30.7 Å². The van der Waals surface area contributed by atoms with Crippen LogP contribution in [0.2, 0.25) is 0 Å². The molecule has 2 rings (SSSR count). The monoisotopic (exact) mass is 262 g/mol. The van der Waals surface area contributed by atoms with Crippen molar-refractivity contribution in [2.75, 3.05) is 5.32 Å². The topological polar surface area (TPSA) is 52.9 Å². The maximum Gasteiger partial charge on any atom is 0.266 e. The van der Waals surface area contributed by atoms with Gasteiger partial charge < -0.3 is 5.32 Å². The van der Waals surface area contributed by atoms with E-state index in [1.165, 1.54) is 0 Å². The molecule has 2 aromatic rings. The SMILES string of the molecule is Cc1cccc(/C=C(/C#N)C(=O)Nc2ccccc2)c1. The van der Waals surface area contributed by atoms with Crippen LogP contribution < -0.4 is 5.32 Å². The Kier molecular flexibility index (Phi) is 4.31. The summed E-state index contributed by atoms with van der Waals surface area (Å²) in [6, 6.07) is 18.7. The molecule has 0 aliphatic rings. The number of carbonyl (C=O) groups excluding carboxylic acids is 1. The van der Waals surface area contributed by atoms with E-state index >= 15 is 0 Å². The molecule has 3 heteroatoms. The molecule has 1 amide bonds. The Morgan fingerprint density at radius 1 is 1.15 bits per heavy atom. The zero-order valence-electron chi connectivity index (χ0n) is 11.1. The summed E-state index contributed by atoms with van der Waals surface area (Å²) in [6.45, 7) is 1.97. The molecule has 0 aliphatic carbocycles. The molecular formula is C17H14N2O. The second-order valence-electron chi connectivity index (χ2n) is 4.40. The van der Waals surface area contributed by atoms with Crippen molar-refractivity contribution in [1.29, 1.82) is 5.26 Å². The fourth-order valence-corrected chi connectivity index (χ4v) is 1.80. The molecule has 0 radical (unpaired) electrons. The second-order valence-corrected chi connectivity index (χ2v) is 4.40. The second kappa shape index (κ2) is 6.35. The Morgan fingerprint density at radius 2 is 1.90 bits per heavy atom. The summed E-state index contributed by atoms with van der Waals surface area (Å²) in [4.78, 5) is 12.0. The van der Waals surface area contributed by atoms with Crippen LogP contribution >= 0.6 is 0 Å². The van der Waals surface area contributed by atoms with Gasteiger partial charge in [0.2, 0.25) is 0 Å². The van der Waals surface area contributed by atoms with Gasteiger partial charge in [0.1, 0.15) is 11.6 Å². The molecule has 0 atom stereocenters. The van der Waals surface area contributed by atoms with E-state index in [0.29, 0.717) is 5.69 Å². The molecule has 2 aromatic carbocycles. The standard InChI is InChI=1S/C17H14N2O/c1-13-6-5-7-14(10-13)11-15(12-18)17(20)19-16-8-3-2-4-9-16/h2-11H,1H3,(H,19,20)/b15-11-. The highest BCUT2D eigenvalue weighted by molar-refractivity contribution is 6.09. The number of carbonyl (C=O) groups is 1. The van der Waals surface area contributed by atoms with Crippen LogP contribution in [0, 0.1) is 18.3 Å². The molecular weight excluding hydrogens is 248 g/mol. The summed E-state index contributed by atoms with van der Waals surface area (Å²) in [7, 11) is 0. The third-order valence-corrected chi connectivity index (χ3v) is 2.75. The first-order valence-electron chi connectivity index (χ1n) is 6.24. The largest absolute Gasteiger partial charge is 0.321 e. The van der Waals surface area contributed by atoms with Gasteiger partial charge in [0.05, 0.1) is 0 Å². The average Bonchev–Trinajstić information content (AvgIpc) is 2.46. The number of nitrogens with one attached hydrogen (secondary N) is 1. The third-order valence-electron chi connectivity index (χ3n) is 2.75. The van der Waals surface area contributed by atoms with Gasteiger partial charge in [-0.15, -0.1) is 0 Å². The molecule has 0 aromatic heterocycles. The highest BCUT2D eigenvalue weighted by Crippen LogP contribution is 2.12. The van der Waals surface area contributed by atoms with Crippen molar-refractivity contribution < 1.29 is 4.79 Å². The number of amides is 1. The average molecular weight is 262 g/mol. The zero-order valence-corrected chi connectivity index (χ0v) is 11.1. The molecule has 0 aliphatic heterocycles. The maximum absolute atomic E-state index is 12.0. The molecule has 98 valence electrons. The van der Waals surface area contributed by atoms with Gasteiger partial charge in [-0.1, -0.05) is 48.0 Å². The number of rotatable bonds is 3. The van der Waals surface area contributed by atoms with E-state index in [-0.39, 0.29) is 5.57 Å². The van der Waals surface area contributed by atoms with Crippen molar-refractivity contribution in [3.63, 3.8) is 0 Å². The fourth-order valence-electron chi connectivity index (χ4n) is 1.80. The molecule has 0 unspecified atom stereocenters. The van der Waals surface area contributed by atoms with Crippen molar-refractivity contribution in [3.05, 3.63) is 71.3 Å². The lowest BCUT2D eigenvalue weighted by Gasteiger charge is -2.04. The Labute approximate surface area is 118 Å². The Bertz CT molecular complexity index is 682. The van der Waals surface area contributed by atoms with E-state index < -0.39 is 5.91 Å². The van der Waals surface area contributed by atoms with Crippen molar-refractivity contribution >= 4 is 17.7 Å². The number of benzene rings is 2. The van der Waals surface area contributed by atoms with Crippen molar-refractivity contribution in [1.82, 2.24) is 0 Å². The predicted molar refractivity (Wildman–Crippen MR) is 79.8 cm³/mol. The van der Waals surface area contributed by atoms with Gasteiger partial charge in [-0.3, -0.25) is 4.79 Å². The zero-order chi connectivity index (χ0) is 14.4. The number of aryl methyl sites for hydroxylation is 1. The number of para-hydroxylation sites is 1. The molecule has 0 heterocycles. The third kappa shape index (κ3) is 3.56. The van der Waals surface area contributed by atoms with E-state index in [1.807, 2.05) is 55.5 Å². The van der Waals surface area contributed by atoms with Crippen molar-refractivity contribution in [2.45, 2.75) is 6.92 Å². The van der Waals surface area contributed by atoms with Crippen LogP contribution in [0.5, 0.6) is 0 Å². The molecule has 20 heavy (non-hydrogen) atoms. The van der Waals surface area contributed by atoms with Crippen molar-refractivity contribution in [2.24, 2.45) is 0 Å². The van der Waals surface area contributed by atoms with Crippen LogP contribution in [0.15, 0.2) is 60.2 Å². The number of hydrogen-bond acceptors (Lipinski definition) is 2. The molecule has 0 spiro atoms. The molecule has 0 fully saturated rings. The smallest absolute Gasteiger partial charge is 0.266 e. The van der Waals surface area contributed by atoms with Gasteiger partial charge in [0, 0.05) is 5.69 Å². The van der Waals surface area contributed by atoms with E-state index in [0.717, 1.165) is 11.1 Å². The summed E-state index contributed by atoms with van der Waals surface area (Å²) in [6.07, 6.45) is 1.59. The summed E-state index contributed by atoms with van der Waals surface area (Å²) in [5.41, 5.74) is 2.67. The fraction of sp³-hybridized carbons (Fsp3) is 0.0588. The summed E-state index contributed by atoms with van der Waals surface area (Å²) >= 11 is 0. The lowest BCUT2D eigenvalue weighted by atomic mass is 10.1. The molecule has 0 bridgehead atoms. The van der Waals surface area contributed by atoms with E-state index in [2.05, 4.69) is 5.32 Å². The minimum Gasteiger partial charge on any atom is -0.321 e. The van der Waals surface area contributed by atoms with Crippen LogP contribution in [0.1, 0.15) is 11.1 Å². The molecule has 0 saturated carbocycles. The highest BCUT2D eigenvalue weighted by atomic mass is 16.1. The molecule has 0 saturated heterocycles. The Morgan fingerprint density at radius 3 is 2.55 bits per heavy atom. The van der Waals surface area contributed by atoms with Crippen LogP contribution in [0.3, 0.4) is 0 Å². The quantitative estimate of drug-likeness (QED) is 0.679. The van der Waals surface area contributed by atoms with Gasteiger partial charge in [0.25, 0.3) is 5.91 Å². The number of nitriles is 1. The van der Waals surface area contributed by atoms with Crippen LogP contribution in [-0.2, 0) is 4.79 Å². The Hall–Kier alpha value is -2.86. The lowest BCUT2D eigenvalue weighted by Crippen LogP contribution is -2.13. The highest BCUT2D eigenvalue weighted by Gasteiger charge is 2.09. The molecule has 1 N–H and O–H groups in total. The van der Waals surface area contributed by atoms with Gasteiger partial charge in [-0.25, -0.2) is 0 Å². The minimum absolute atomic E-state index is 0.0828. The predicted octanol–water partition coefficient (Wildman–Crippen LogP) is 3.54. The van der Waals surface area contributed by atoms with Gasteiger partial charge in [-0.2, -0.15) is 5.26 Å². The van der Waals surface area contributed by atoms with Gasteiger partial charge in [0.15, 0.2) is 0 Å². The Balaban J connectivity index is 2.20. The summed E-state index contributed by atoms with van der Waals surface area (Å²) < 4.78 is 0.